The molecule has 1 aliphatic carbocycles. The standard InChI is InChI=1S/C26H28ClN3O2/c1-17-12-13-20(15-21(17)27)30-24(31)23-14-18-8-6-7-11-22(18)29(23)16-26(30,2)25(32)28-19-9-4-3-5-10-19/h6-8,11-15,19H,3-5,9-10,16H2,1-2H3,(H,28,32). The van der Waals surface area contributed by atoms with Crippen LogP contribution in [0.25, 0.3) is 10.9 Å². The van der Waals surface area contributed by atoms with Crippen molar-refractivity contribution in [3.63, 3.8) is 0 Å². The van der Waals surface area contributed by atoms with Gasteiger partial charge < -0.3 is 9.88 Å². The van der Waals surface area contributed by atoms with E-state index in [1.54, 1.807) is 11.0 Å². The first kappa shape index (κ1) is 21.1. The van der Waals surface area contributed by atoms with Crippen molar-refractivity contribution in [1.82, 2.24) is 9.88 Å². The first-order chi connectivity index (χ1) is 15.4. The van der Waals surface area contributed by atoms with Gasteiger partial charge in [0.05, 0.1) is 6.54 Å². The molecule has 5 nitrogen and oxygen atoms in total. The number of rotatable bonds is 3. The molecule has 0 saturated heterocycles. The molecular formula is C26H28ClN3O2. The smallest absolute Gasteiger partial charge is 0.275 e. The molecule has 32 heavy (non-hydrogen) atoms. The molecule has 0 bridgehead atoms. The van der Waals surface area contributed by atoms with Crippen molar-refractivity contribution in [3.05, 3.63) is 64.8 Å². The minimum Gasteiger partial charge on any atom is -0.351 e. The van der Waals surface area contributed by atoms with E-state index < -0.39 is 5.54 Å². The highest BCUT2D eigenvalue weighted by Gasteiger charge is 2.49. The van der Waals surface area contributed by atoms with Crippen LogP contribution in [0, 0.1) is 6.92 Å². The number of aromatic nitrogens is 1. The maximum Gasteiger partial charge on any atom is 0.275 e. The van der Waals surface area contributed by atoms with E-state index in [0.29, 0.717) is 22.9 Å². The number of hydrogen-bond acceptors (Lipinski definition) is 2. The van der Waals surface area contributed by atoms with Crippen molar-refractivity contribution in [2.75, 3.05) is 4.90 Å². The fourth-order valence-corrected chi connectivity index (χ4v) is 5.33. The minimum atomic E-state index is -1.08. The Labute approximate surface area is 193 Å². The molecular weight excluding hydrogens is 422 g/mol. The summed E-state index contributed by atoms with van der Waals surface area (Å²) in [7, 11) is 0. The number of amides is 2. The van der Waals surface area contributed by atoms with Crippen LogP contribution < -0.4 is 10.2 Å². The van der Waals surface area contributed by atoms with Crippen molar-refractivity contribution < 1.29 is 9.59 Å². The second-order valence-corrected chi connectivity index (χ2v) is 9.74. The summed E-state index contributed by atoms with van der Waals surface area (Å²) in [6.07, 6.45) is 5.46. The Bertz CT molecular complexity index is 1210. The topological polar surface area (TPSA) is 54.3 Å². The Morgan fingerprint density at radius 3 is 2.59 bits per heavy atom. The summed E-state index contributed by atoms with van der Waals surface area (Å²) < 4.78 is 1.99. The highest BCUT2D eigenvalue weighted by Crippen LogP contribution is 2.37. The number of benzene rings is 2. The predicted octanol–water partition coefficient (Wildman–Crippen LogP) is 5.47. The number of halogens is 1. The lowest BCUT2D eigenvalue weighted by Crippen LogP contribution is -2.65. The lowest BCUT2D eigenvalue weighted by Gasteiger charge is -2.44. The highest BCUT2D eigenvalue weighted by molar-refractivity contribution is 6.31. The third-order valence-corrected chi connectivity index (χ3v) is 7.44. The van der Waals surface area contributed by atoms with Crippen LogP contribution in [0.15, 0.2) is 48.5 Å². The van der Waals surface area contributed by atoms with Crippen LogP contribution in [0.4, 0.5) is 5.69 Å². The van der Waals surface area contributed by atoms with Crippen LogP contribution in [0.1, 0.15) is 55.1 Å². The van der Waals surface area contributed by atoms with Crippen molar-refractivity contribution in [2.24, 2.45) is 0 Å². The van der Waals surface area contributed by atoms with Crippen LogP contribution in [-0.2, 0) is 11.3 Å². The lowest BCUT2D eigenvalue weighted by molar-refractivity contribution is -0.127. The van der Waals surface area contributed by atoms with Gasteiger partial charge in [-0.3, -0.25) is 14.5 Å². The van der Waals surface area contributed by atoms with Gasteiger partial charge in [0.15, 0.2) is 0 Å². The average Bonchev–Trinajstić information content (AvgIpc) is 3.15. The van der Waals surface area contributed by atoms with Gasteiger partial charge in [0, 0.05) is 27.7 Å². The number of fused-ring (bicyclic) bond motifs is 3. The van der Waals surface area contributed by atoms with Crippen molar-refractivity contribution in [1.29, 1.82) is 0 Å². The van der Waals surface area contributed by atoms with Gasteiger partial charge in [-0.1, -0.05) is 55.1 Å². The van der Waals surface area contributed by atoms with E-state index in [-0.39, 0.29) is 17.9 Å². The number of aryl methyl sites for hydroxylation is 1. The fourth-order valence-electron chi connectivity index (χ4n) is 5.16. The normalized spacial score (nSPS) is 21.6. The molecule has 0 radical (unpaired) electrons. The summed E-state index contributed by atoms with van der Waals surface area (Å²) in [6, 6.07) is 15.6. The number of nitrogens with one attached hydrogen (secondary N) is 1. The fraction of sp³-hybridized carbons (Fsp3) is 0.385. The van der Waals surface area contributed by atoms with Crippen LogP contribution in [0.2, 0.25) is 5.02 Å². The van der Waals surface area contributed by atoms with E-state index in [0.717, 1.165) is 42.1 Å². The molecule has 1 fully saturated rings. The quantitative estimate of drug-likeness (QED) is 0.576. The number of carbonyl (C=O) groups is 2. The zero-order chi connectivity index (χ0) is 22.5. The number of anilines is 1. The van der Waals surface area contributed by atoms with Crippen LogP contribution in [0.3, 0.4) is 0 Å². The molecule has 166 valence electrons. The van der Waals surface area contributed by atoms with Gasteiger partial charge >= 0.3 is 0 Å². The second kappa shape index (κ2) is 7.96. The van der Waals surface area contributed by atoms with Crippen LogP contribution in [0.5, 0.6) is 0 Å². The van der Waals surface area contributed by atoms with Gasteiger partial charge in [0.25, 0.3) is 5.91 Å². The third-order valence-electron chi connectivity index (χ3n) is 7.04. The molecule has 1 N–H and O–H groups in total. The molecule has 1 aliphatic heterocycles. The molecule has 1 aromatic heterocycles. The van der Waals surface area contributed by atoms with Crippen LogP contribution >= 0.6 is 11.6 Å². The van der Waals surface area contributed by atoms with Crippen molar-refractivity contribution in [3.8, 4) is 0 Å². The van der Waals surface area contributed by atoms with Gasteiger partial charge in [-0.05, 0) is 56.5 Å². The Kier molecular flexibility index (Phi) is 5.25. The summed E-state index contributed by atoms with van der Waals surface area (Å²) in [5.74, 6) is -0.299. The van der Waals surface area contributed by atoms with E-state index in [1.165, 1.54) is 6.42 Å². The Morgan fingerprint density at radius 1 is 1.09 bits per heavy atom. The highest BCUT2D eigenvalue weighted by atomic mass is 35.5. The third kappa shape index (κ3) is 3.39. The second-order valence-electron chi connectivity index (χ2n) is 9.33. The minimum absolute atomic E-state index is 0.113. The summed E-state index contributed by atoms with van der Waals surface area (Å²) >= 11 is 6.43. The van der Waals surface area contributed by atoms with Crippen molar-refractivity contribution >= 4 is 40.0 Å². The van der Waals surface area contributed by atoms with Gasteiger partial charge in [-0.25, -0.2) is 0 Å². The molecule has 3 aromatic rings. The predicted molar refractivity (Wildman–Crippen MR) is 128 cm³/mol. The number of hydrogen-bond donors (Lipinski definition) is 1. The summed E-state index contributed by atoms with van der Waals surface area (Å²) in [6.45, 7) is 4.18. The maximum absolute atomic E-state index is 13.9. The molecule has 1 saturated carbocycles. The van der Waals surface area contributed by atoms with Gasteiger partial charge in [0.1, 0.15) is 11.2 Å². The number of para-hydroxylation sites is 1. The largest absolute Gasteiger partial charge is 0.351 e. The average molecular weight is 450 g/mol. The first-order valence-electron chi connectivity index (χ1n) is 11.4. The summed E-state index contributed by atoms with van der Waals surface area (Å²) in [5, 5.41) is 4.84. The molecule has 2 aromatic carbocycles. The summed E-state index contributed by atoms with van der Waals surface area (Å²) in [4.78, 5) is 29.3. The molecule has 2 heterocycles. The van der Waals surface area contributed by atoms with E-state index in [1.807, 2.05) is 60.9 Å². The molecule has 2 aliphatic rings. The first-order valence-corrected chi connectivity index (χ1v) is 11.8. The Hall–Kier alpha value is -2.79. The molecule has 1 unspecified atom stereocenters. The lowest BCUT2D eigenvalue weighted by atomic mass is 9.91. The van der Waals surface area contributed by atoms with E-state index in [4.69, 9.17) is 11.6 Å². The van der Waals surface area contributed by atoms with Gasteiger partial charge in [-0.15, -0.1) is 0 Å². The van der Waals surface area contributed by atoms with Crippen molar-refractivity contribution in [2.45, 2.75) is 64.1 Å². The number of carbonyl (C=O) groups excluding carboxylic acids is 2. The summed E-state index contributed by atoms with van der Waals surface area (Å²) in [5.41, 5.74) is 2.05. The van der Waals surface area contributed by atoms with E-state index >= 15 is 0 Å². The maximum atomic E-state index is 13.9. The van der Waals surface area contributed by atoms with Gasteiger partial charge in [0.2, 0.25) is 5.91 Å². The zero-order valence-electron chi connectivity index (χ0n) is 18.5. The SMILES string of the molecule is Cc1ccc(N2C(=O)c3cc4ccccc4n3CC2(C)C(=O)NC2CCCCC2)cc1Cl. The van der Waals surface area contributed by atoms with E-state index in [2.05, 4.69) is 5.32 Å². The molecule has 6 heteroatoms. The molecule has 5 rings (SSSR count). The van der Waals surface area contributed by atoms with Gasteiger partial charge in [-0.2, -0.15) is 0 Å². The molecule has 1 atom stereocenters. The molecule has 2 amide bonds. The molecule has 0 spiro atoms. The monoisotopic (exact) mass is 449 g/mol. The van der Waals surface area contributed by atoms with Crippen LogP contribution in [-0.4, -0.2) is 28.0 Å². The Morgan fingerprint density at radius 2 is 1.84 bits per heavy atom. The van der Waals surface area contributed by atoms with E-state index in [9.17, 15) is 9.59 Å². The zero-order valence-corrected chi connectivity index (χ0v) is 19.3. The Balaban J connectivity index is 1.62. The number of nitrogens with zero attached hydrogens (tertiary/aromatic N) is 2.